The van der Waals surface area contributed by atoms with E-state index in [4.69, 9.17) is 16.3 Å². The van der Waals surface area contributed by atoms with Gasteiger partial charge in [0.05, 0.1) is 28.3 Å². The number of anilines is 1. The molecule has 13 heteroatoms. The largest absolute Gasteiger partial charge is 0.497 e. The van der Waals surface area contributed by atoms with Crippen molar-refractivity contribution in [2.45, 2.75) is 57.3 Å². The number of rotatable bonds is 13. The van der Waals surface area contributed by atoms with Crippen molar-refractivity contribution in [1.82, 2.24) is 10.2 Å². The summed E-state index contributed by atoms with van der Waals surface area (Å²) in [6.45, 7) is 4.73. The smallest absolute Gasteiger partial charge is 0.417 e. The SMILES string of the molecule is CCCNC(=O)[C@H](CC)N(Cc1ccc(OC)cc1)C(=O)CN(c1ccc(Cl)c(C(F)(F)F)c1)S(=O)(=O)c1ccc(C)cc1. The van der Waals surface area contributed by atoms with Crippen molar-refractivity contribution < 1.29 is 35.9 Å². The zero-order valence-corrected chi connectivity index (χ0v) is 26.4. The second-order valence-corrected chi connectivity index (χ2v) is 12.3. The summed E-state index contributed by atoms with van der Waals surface area (Å²) < 4.78 is 75.1. The first-order chi connectivity index (χ1) is 20.7. The molecular formula is C31H35ClF3N3O5S. The maximum Gasteiger partial charge on any atom is 0.417 e. The van der Waals surface area contributed by atoms with Crippen LogP contribution < -0.4 is 14.4 Å². The normalized spacial score (nSPS) is 12.4. The fourth-order valence-electron chi connectivity index (χ4n) is 4.46. The zero-order chi connectivity index (χ0) is 32.7. The maximum absolute atomic E-state index is 14.1. The number of amides is 2. The van der Waals surface area contributed by atoms with E-state index in [1.165, 1.54) is 36.3 Å². The number of alkyl halides is 3. The molecule has 238 valence electrons. The minimum Gasteiger partial charge on any atom is -0.497 e. The van der Waals surface area contributed by atoms with E-state index in [-0.39, 0.29) is 17.9 Å². The Morgan fingerprint density at radius 3 is 2.18 bits per heavy atom. The van der Waals surface area contributed by atoms with Crippen LogP contribution in [-0.4, -0.2) is 51.4 Å². The molecule has 0 bridgehead atoms. The third-order valence-electron chi connectivity index (χ3n) is 6.88. The lowest BCUT2D eigenvalue weighted by molar-refractivity contribution is -0.140. The van der Waals surface area contributed by atoms with Crippen molar-refractivity contribution >= 4 is 39.1 Å². The van der Waals surface area contributed by atoms with E-state index in [9.17, 15) is 31.2 Å². The summed E-state index contributed by atoms with van der Waals surface area (Å²) in [5.41, 5.74) is -0.288. The number of aryl methyl sites for hydroxylation is 1. The van der Waals surface area contributed by atoms with Crippen LogP contribution in [0, 0.1) is 6.92 Å². The van der Waals surface area contributed by atoms with Crippen LogP contribution in [-0.2, 0) is 32.3 Å². The van der Waals surface area contributed by atoms with Gasteiger partial charge in [-0.25, -0.2) is 8.42 Å². The molecule has 0 fully saturated rings. The molecule has 3 aromatic carbocycles. The summed E-state index contributed by atoms with van der Waals surface area (Å²) in [4.78, 5) is 28.3. The van der Waals surface area contributed by atoms with Gasteiger partial charge in [-0.2, -0.15) is 13.2 Å². The van der Waals surface area contributed by atoms with Gasteiger partial charge >= 0.3 is 6.18 Å². The Balaban J connectivity index is 2.13. The topological polar surface area (TPSA) is 96.0 Å². The molecule has 44 heavy (non-hydrogen) atoms. The molecule has 0 aromatic heterocycles. The third kappa shape index (κ3) is 8.44. The fourth-order valence-corrected chi connectivity index (χ4v) is 6.10. The maximum atomic E-state index is 14.1. The third-order valence-corrected chi connectivity index (χ3v) is 9.00. The summed E-state index contributed by atoms with van der Waals surface area (Å²) >= 11 is 5.82. The van der Waals surface area contributed by atoms with Crippen LogP contribution in [0.15, 0.2) is 71.6 Å². The minimum atomic E-state index is -4.89. The molecule has 0 unspecified atom stereocenters. The quantitative estimate of drug-likeness (QED) is 0.237. The number of nitrogens with one attached hydrogen (secondary N) is 1. The number of nitrogens with zero attached hydrogens (tertiary/aromatic N) is 2. The number of halogens is 4. The molecule has 1 atom stereocenters. The number of carbonyl (C=O) groups excluding carboxylic acids is 2. The summed E-state index contributed by atoms with van der Waals surface area (Å²) in [6.07, 6.45) is -4.04. The number of ether oxygens (including phenoxy) is 1. The Bertz CT molecular complexity index is 1550. The summed E-state index contributed by atoms with van der Waals surface area (Å²) in [5.74, 6) is -0.661. The van der Waals surface area contributed by atoms with Crippen molar-refractivity contribution in [2.75, 3.05) is 24.5 Å². The monoisotopic (exact) mass is 653 g/mol. The van der Waals surface area contributed by atoms with Gasteiger partial charge < -0.3 is 15.0 Å². The summed E-state index contributed by atoms with van der Waals surface area (Å²) in [5, 5.41) is 2.15. The zero-order valence-electron chi connectivity index (χ0n) is 24.8. The molecule has 0 aliphatic carbocycles. The van der Waals surface area contributed by atoms with E-state index < -0.39 is 56.9 Å². The highest BCUT2D eigenvalue weighted by atomic mass is 35.5. The van der Waals surface area contributed by atoms with Crippen molar-refractivity contribution in [2.24, 2.45) is 0 Å². The molecule has 0 heterocycles. The summed E-state index contributed by atoms with van der Waals surface area (Å²) in [7, 11) is -3.06. The van der Waals surface area contributed by atoms with E-state index in [0.717, 1.165) is 17.7 Å². The number of sulfonamides is 1. The van der Waals surface area contributed by atoms with E-state index in [0.29, 0.717) is 34.7 Å². The Morgan fingerprint density at radius 2 is 1.64 bits per heavy atom. The number of methoxy groups -OCH3 is 1. The average Bonchev–Trinajstić information content (AvgIpc) is 2.98. The highest BCUT2D eigenvalue weighted by Gasteiger charge is 2.37. The Hall–Kier alpha value is -3.77. The van der Waals surface area contributed by atoms with Gasteiger partial charge in [0, 0.05) is 13.1 Å². The van der Waals surface area contributed by atoms with Crippen LogP contribution in [0.5, 0.6) is 5.75 Å². The predicted octanol–water partition coefficient (Wildman–Crippen LogP) is 6.20. The van der Waals surface area contributed by atoms with Crippen LogP contribution in [0.2, 0.25) is 5.02 Å². The van der Waals surface area contributed by atoms with Crippen LogP contribution in [0.3, 0.4) is 0 Å². The molecule has 2 amide bonds. The number of hydrogen-bond donors (Lipinski definition) is 1. The molecule has 3 aromatic rings. The molecule has 0 radical (unpaired) electrons. The first kappa shape index (κ1) is 34.7. The first-order valence-corrected chi connectivity index (χ1v) is 15.7. The number of benzene rings is 3. The highest BCUT2D eigenvalue weighted by molar-refractivity contribution is 7.92. The van der Waals surface area contributed by atoms with Gasteiger partial charge in [-0.15, -0.1) is 0 Å². The number of hydrogen-bond acceptors (Lipinski definition) is 5. The predicted molar refractivity (Wildman–Crippen MR) is 163 cm³/mol. The van der Waals surface area contributed by atoms with Gasteiger partial charge in [0.1, 0.15) is 18.3 Å². The molecule has 0 aliphatic heterocycles. The Kier molecular flexibility index (Phi) is 11.7. The fraction of sp³-hybridized carbons (Fsp3) is 0.355. The second kappa shape index (κ2) is 14.8. The molecule has 0 aliphatic rings. The van der Waals surface area contributed by atoms with Crippen LogP contribution in [0.1, 0.15) is 43.4 Å². The lowest BCUT2D eigenvalue weighted by Gasteiger charge is -2.33. The highest BCUT2D eigenvalue weighted by Crippen LogP contribution is 2.38. The van der Waals surface area contributed by atoms with Gasteiger partial charge in [-0.3, -0.25) is 13.9 Å². The van der Waals surface area contributed by atoms with Gasteiger partial charge in [0.15, 0.2) is 0 Å². The lowest BCUT2D eigenvalue weighted by atomic mass is 10.1. The average molecular weight is 654 g/mol. The van der Waals surface area contributed by atoms with Gasteiger partial charge in [-0.1, -0.05) is 55.3 Å². The standard InChI is InChI=1S/C31H35ClF3N3O5S/c1-5-17-36-30(40)28(6-2)37(19-22-9-12-24(43-4)13-10-22)29(39)20-38(44(41,42)25-14-7-21(3)8-15-25)23-11-16-27(32)26(18-23)31(33,34)35/h7-16,18,28H,5-6,17,19-20H2,1-4H3,(H,36,40)/t28-/m0/s1. The lowest BCUT2D eigenvalue weighted by Crippen LogP contribution is -2.52. The Labute approximate surface area is 260 Å². The second-order valence-electron chi connectivity index (χ2n) is 10.1. The first-order valence-electron chi connectivity index (χ1n) is 13.9. The Morgan fingerprint density at radius 1 is 1.00 bits per heavy atom. The molecule has 0 saturated carbocycles. The van der Waals surface area contributed by atoms with Crippen molar-refractivity contribution in [3.8, 4) is 5.75 Å². The van der Waals surface area contributed by atoms with Gasteiger partial charge in [-0.05, 0) is 67.8 Å². The molecule has 8 nitrogen and oxygen atoms in total. The van der Waals surface area contributed by atoms with Gasteiger partial charge in [0.25, 0.3) is 10.0 Å². The minimum absolute atomic E-state index is 0.0757. The molecule has 3 rings (SSSR count). The van der Waals surface area contributed by atoms with Crippen LogP contribution in [0.25, 0.3) is 0 Å². The molecule has 0 saturated heterocycles. The van der Waals surface area contributed by atoms with Crippen LogP contribution >= 0.6 is 11.6 Å². The van der Waals surface area contributed by atoms with E-state index in [1.807, 2.05) is 6.92 Å². The number of carbonyl (C=O) groups is 2. The van der Waals surface area contributed by atoms with E-state index in [2.05, 4.69) is 5.32 Å². The van der Waals surface area contributed by atoms with E-state index >= 15 is 0 Å². The van der Waals surface area contributed by atoms with Crippen molar-refractivity contribution in [1.29, 1.82) is 0 Å². The molecular weight excluding hydrogens is 619 g/mol. The van der Waals surface area contributed by atoms with Crippen molar-refractivity contribution in [3.05, 3.63) is 88.4 Å². The molecule has 1 N–H and O–H groups in total. The van der Waals surface area contributed by atoms with Crippen LogP contribution in [0.4, 0.5) is 18.9 Å². The van der Waals surface area contributed by atoms with Crippen molar-refractivity contribution in [3.63, 3.8) is 0 Å². The molecule has 0 spiro atoms. The van der Waals surface area contributed by atoms with Gasteiger partial charge in [0.2, 0.25) is 11.8 Å². The summed E-state index contributed by atoms with van der Waals surface area (Å²) in [6, 6.07) is 14.1. The van der Waals surface area contributed by atoms with E-state index in [1.54, 1.807) is 38.1 Å².